The van der Waals surface area contributed by atoms with Gasteiger partial charge in [0, 0.05) is 12.8 Å². The maximum atomic E-state index is 12.9. The van der Waals surface area contributed by atoms with Gasteiger partial charge in [0.15, 0.2) is 6.10 Å². The van der Waals surface area contributed by atoms with Crippen molar-refractivity contribution < 1.29 is 42.9 Å². The lowest BCUT2D eigenvalue weighted by Crippen LogP contribution is -2.40. The Morgan fingerprint density at radius 2 is 0.667 bits per heavy atom. The average Bonchev–Trinajstić information content (AvgIpc) is 3.44. The molecule has 2 atom stereocenters. The molecule has 0 aromatic rings. The topological polar surface area (TPSA) is 108 Å². The Balaban J connectivity index is 4.07. The van der Waals surface area contributed by atoms with Crippen LogP contribution < -0.4 is 0 Å². The van der Waals surface area contributed by atoms with Gasteiger partial charge in [0.05, 0.1) is 34.4 Å². The van der Waals surface area contributed by atoms with Crippen LogP contribution >= 0.6 is 0 Å². The molecule has 0 bridgehead atoms. The second-order valence-corrected chi connectivity index (χ2v) is 25.2. The van der Waals surface area contributed by atoms with E-state index >= 15 is 0 Å². The molecular weight excluding hydrogens is 1010 g/mol. The van der Waals surface area contributed by atoms with Gasteiger partial charge in [0.25, 0.3) is 6.29 Å². The number of aliphatic carboxylic acids is 1. The smallest absolute Gasteiger partial charge is 0.361 e. The van der Waals surface area contributed by atoms with E-state index < -0.39 is 18.4 Å². The number of unbranched alkanes of at least 4 members (excludes halogenated alkanes) is 45. The lowest BCUT2D eigenvalue weighted by atomic mass is 10.0. The van der Waals surface area contributed by atoms with Crippen molar-refractivity contribution in [3.63, 3.8) is 0 Å². The lowest BCUT2D eigenvalue weighted by Gasteiger charge is -2.25. The van der Waals surface area contributed by atoms with Crippen LogP contribution in [0.25, 0.3) is 0 Å². The van der Waals surface area contributed by atoms with Gasteiger partial charge in [-0.15, -0.1) is 0 Å². The molecule has 0 aliphatic heterocycles. The molecule has 476 valence electrons. The van der Waals surface area contributed by atoms with Gasteiger partial charge in [-0.25, -0.2) is 4.79 Å². The van der Waals surface area contributed by atoms with Crippen LogP contribution in [0.4, 0.5) is 0 Å². The summed E-state index contributed by atoms with van der Waals surface area (Å²) < 4.78 is 23.0. The highest BCUT2D eigenvalue weighted by Crippen LogP contribution is 2.18. The Hall–Kier alpha value is -2.49. The van der Waals surface area contributed by atoms with Gasteiger partial charge in [0.1, 0.15) is 13.2 Å². The fourth-order valence-corrected chi connectivity index (χ4v) is 10.5. The standard InChI is InChI=1S/C72H135NO8/c1-6-8-10-12-14-16-18-20-22-24-26-28-30-32-33-34-35-36-37-39-41-43-45-47-49-51-53-55-57-59-61-63-70(75)81-68(67-80-72(71(76)77)78-65-64-73(3,4)5)66-79-69(74)62-60-58-56-54-52-50-48-46-44-42-40-38-31-29-27-25-23-21-19-17-15-13-11-9-7-2/h18,20,24-27,68,72H,6-17,19,21-23,28-67H2,1-5H3/p+1/b20-18-,26-24-,27-25-. The summed E-state index contributed by atoms with van der Waals surface area (Å²) in [6.45, 7) is 4.93. The summed E-state index contributed by atoms with van der Waals surface area (Å²) in [7, 11) is 5.99. The number of nitrogens with zero attached hydrogens (tertiary/aromatic N) is 1. The first-order valence-electron chi connectivity index (χ1n) is 35.2. The van der Waals surface area contributed by atoms with E-state index in [1.165, 1.54) is 276 Å². The van der Waals surface area contributed by atoms with E-state index in [0.717, 1.165) is 44.9 Å². The third-order valence-electron chi connectivity index (χ3n) is 15.9. The first kappa shape index (κ1) is 78.5. The van der Waals surface area contributed by atoms with E-state index in [-0.39, 0.29) is 38.2 Å². The highest BCUT2D eigenvalue weighted by atomic mass is 16.7. The first-order valence-corrected chi connectivity index (χ1v) is 35.2. The molecule has 0 rings (SSSR count). The molecule has 0 aromatic carbocycles. The summed E-state index contributed by atoms with van der Waals surface area (Å²) >= 11 is 0. The van der Waals surface area contributed by atoms with Crippen molar-refractivity contribution >= 4 is 17.9 Å². The molecule has 0 spiro atoms. The number of allylic oxidation sites excluding steroid dienone is 6. The minimum absolute atomic E-state index is 0.177. The van der Waals surface area contributed by atoms with E-state index in [4.69, 9.17) is 18.9 Å². The summed E-state index contributed by atoms with van der Waals surface area (Å²) in [5.41, 5.74) is 0. The van der Waals surface area contributed by atoms with Gasteiger partial charge in [-0.05, 0) is 70.6 Å². The SMILES string of the molecule is CCCCCCC/C=C\C/C=C\CCCCCCCCCCCCCCCCCCCCCC(=O)OC(COC(=O)CCCCCCCCCCCCCCC/C=C\CCCCCCCCCC)COC(OCC[N+](C)(C)C)C(=O)O. The molecular formula is C72H136NO8+. The number of likely N-dealkylation sites (N-methyl/N-ethyl adjacent to an activating group) is 1. The summed E-state index contributed by atoms with van der Waals surface area (Å²) in [5.74, 6) is -1.98. The quantitative estimate of drug-likeness (QED) is 0.0211. The largest absolute Gasteiger partial charge is 0.477 e. The number of carboxylic acid groups (broad SMARTS) is 1. The van der Waals surface area contributed by atoms with E-state index in [1.807, 2.05) is 21.1 Å². The summed E-state index contributed by atoms with van der Waals surface area (Å²) in [5, 5.41) is 9.74. The molecule has 0 heterocycles. The maximum Gasteiger partial charge on any atom is 0.361 e. The van der Waals surface area contributed by atoms with Crippen LogP contribution in [0, 0.1) is 0 Å². The van der Waals surface area contributed by atoms with Crippen LogP contribution in [0.2, 0.25) is 0 Å². The second kappa shape index (κ2) is 63.5. The van der Waals surface area contributed by atoms with Crippen LogP contribution in [-0.4, -0.2) is 87.4 Å². The van der Waals surface area contributed by atoms with Crippen molar-refractivity contribution in [1.29, 1.82) is 0 Å². The molecule has 0 radical (unpaired) electrons. The molecule has 0 aliphatic carbocycles. The summed E-state index contributed by atoms with van der Waals surface area (Å²) in [6.07, 6.45) is 76.9. The highest BCUT2D eigenvalue weighted by molar-refractivity contribution is 5.71. The third kappa shape index (κ3) is 64.9. The number of carbonyl (C=O) groups excluding carboxylic acids is 2. The predicted molar refractivity (Wildman–Crippen MR) is 346 cm³/mol. The monoisotopic (exact) mass is 1140 g/mol. The Morgan fingerprint density at radius 1 is 0.370 bits per heavy atom. The van der Waals surface area contributed by atoms with Crippen molar-refractivity contribution in [2.75, 3.05) is 47.5 Å². The zero-order valence-electron chi connectivity index (χ0n) is 54.5. The zero-order chi connectivity index (χ0) is 59.1. The van der Waals surface area contributed by atoms with Crippen molar-refractivity contribution in [3.8, 4) is 0 Å². The van der Waals surface area contributed by atoms with Gasteiger partial charge in [-0.2, -0.15) is 0 Å². The molecule has 1 N–H and O–H groups in total. The number of hydrogen-bond acceptors (Lipinski definition) is 7. The Kier molecular flexibility index (Phi) is 61.6. The van der Waals surface area contributed by atoms with E-state index in [2.05, 4.69) is 50.3 Å². The summed E-state index contributed by atoms with van der Waals surface area (Å²) in [6, 6.07) is 0. The van der Waals surface area contributed by atoms with Gasteiger partial charge >= 0.3 is 17.9 Å². The maximum absolute atomic E-state index is 12.9. The van der Waals surface area contributed by atoms with Crippen LogP contribution in [-0.2, 0) is 33.3 Å². The number of hydrogen-bond donors (Lipinski definition) is 1. The van der Waals surface area contributed by atoms with Gasteiger partial charge in [-0.1, -0.05) is 301 Å². The van der Waals surface area contributed by atoms with E-state index in [0.29, 0.717) is 17.4 Å². The minimum atomic E-state index is -1.51. The highest BCUT2D eigenvalue weighted by Gasteiger charge is 2.25. The van der Waals surface area contributed by atoms with Crippen molar-refractivity contribution in [3.05, 3.63) is 36.5 Å². The lowest BCUT2D eigenvalue weighted by molar-refractivity contribution is -0.870. The number of carbonyl (C=O) groups is 3. The molecule has 9 heteroatoms. The fourth-order valence-electron chi connectivity index (χ4n) is 10.5. The second-order valence-electron chi connectivity index (χ2n) is 25.2. The Morgan fingerprint density at radius 3 is 0.988 bits per heavy atom. The summed E-state index contributed by atoms with van der Waals surface area (Å²) in [4.78, 5) is 37.6. The zero-order valence-corrected chi connectivity index (χ0v) is 54.5. The van der Waals surface area contributed by atoms with Crippen LogP contribution in [0.3, 0.4) is 0 Å². The normalized spacial score (nSPS) is 12.9. The Bertz CT molecular complexity index is 1420. The number of rotatable bonds is 66. The molecule has 0 amide bonds. The van der Waals surface area contributed by atoms with E-state index in [1.54, 1.807) is 0 Å². The first-order chi connectivity index (χ1) is 39.6. The number of quaternary nitrogens is 1. The van der Waals surface area contributed by atoms with Crippen LogP contribution in [0.5, 0.6) is 0 Å². The van der Waals surface area contributed by atoms with E-state index in [9.17, 15) is 19.5 Å². The van der Waals surface area contributed by atoms with Crippen LogP contribution in [0.15, 0.2) is 36.5 Å². The van der Waals surface area contributed by atoms with Gasteiger partial charge in [-0.3, -0.25) is 9.59 Å². The van der Waals surface area contributed by atoms with Crippen molar-refractivity contribution in [2.24, 2.45) is 0 Å². The van der Waals surface area contributed by atoms with Crippen molar-refractivity contribution in [1.82, 2.24) is 0 Å². The number of carboxylic acids is 1. The molecule has 0 aliphatic rings. The van der Waals surface area contributed by atoms with Crippen molar-refractivity contribution in [2.45, 2.75) is 360 Å². The average molecular weight is 1140 g/mol. The molecule has 0 fully saturated rings. The number of ether oxygens (including phenoxy) is 4. The Labute approximate surface area is 502 Å². The molecule has 81 heavy (non-hydrogen) atoms. The fraction of sp³-hybridized carbons (Fsp3) is 0.875. The predicted octanol–water partition coefficient (Wildman–Crippen LogP) is 21.6. The minimum Gasteiger partial charge on any atom is -0.477 e. The molecule has 0 saturated heterocycles. The molecule has 2 unspecified atom stereocenters. The molecule has 9 nitrogen and oxygen atoms in total. The van der Waals surface area contributed by atoms with Crippen LogP contribution in [0.1, 0.15) is 348 Å². The van der Waals surface area contributed by atoms with Gasteiger partial charge in [0.2, 0.25) is 0 Å². The van der Waals surface area contributed by atoms with Gasteiger partial charge < -0.3 is 28.5 Å². The molecule has 0 aromatic heterocycles. The molecule has 0 saturated carbocycles. The third-order valence-corrected chi connectivity index (χ3v) is 15.9. The number of esters is 2.